The summed E-state index contributed by atoms with van der Waals surface area (Å²) < 4.78 is 0. The molecule has 17 heavy (non-hydrogen) atoms. The van der Waals surface area contributed by atoms with E-state index in [2.05, 4.69) is 6.58 Å². The molecule has 3 heteroatoms. The van der Waals surface area contributed by atoms with Crippen LogP contribution >= 0.6 is 0 Å². The number of rotatable bonds is 2. The van der Waals surface area contributed by atoms with E-state index >= 15 is 0 Å². The molecule has 0 saturated carbocycles. The molecule has 0 bridgehead atoms. The molecule has 1 saturated heterocycles. The summed E-state index contributed by atoms with van der Waals surface area (Å²) in [5, 5.41) is 9.18. The maximum absolute atomic E-state index is 11.2. The van der Waals surface area contributed by atoms with Crippen LogP contribution in [0.15, 0.2) is 30.8 Å². The van der Waals surface area contributed by atoms with Crippen LogP contribution in [0.25, 0.3) is 5.57 Å². The van der Waals surface area contributed by atoms with Gasteiger partial charge in [0, 0.05) is 6.54 Å². The number of allylic oxidation sites excluding steroid dienone is 1. The maximum Gasteiger partial charge on any atom is 0.407 e. The summed E-state index contributed by atoms with van der Waals surface area (Å²) in [5.74, 6) is 0. The van der Waals surface area contributed by atoms with Gasteiger partial charge in [0.2, 0.25) is 0 Å². The van der Waals surface area contributed by atoms with Crippen LogP contribution in [-0.2, 0) is 0 Å². The van der Waals surface area contributed by atoms with Gasteiger partial charge in [-0.25, -0.2) is 4.79 Å². The van der Waals surface area contributed by atoms with Crippen LogP contribution < -0.4 is 0 Å². The monoisotopic (exact) mass is 231 g/mol. The Morgan fingerprint density at radius 1 is 1.47 bits per heavy atom. The van der Waals surface area contributed by atoms with Gasteiger partial charge in [-0.05, 0) is 30.9 Å². The molecular formula is C14H17NO2. The standard InChI is InChI=1S/C14H17NO2/c1-10(2)11-6-3-4-7-12(11)13-8-5-9-15(13)14(16)17/h3-4,6-7,13H,1,5,8-9H2,2H3,(H,16,17). The zero-order chi connectivity index (χ0) is 12.4. The van der Waals surface area contributed by atoms with Crippen molar-refractivity contribution in [2.75, 3.05) is 6.54 Å². The molecule has 1 heterocycles. The van der Waals surface area contributed by atoms with Crippen molar-refractivity contribution in [3.63, 3.8) is 0 Å². The molecule has 0 radical (unpaired) electrons. The van der Waals surface area contributed by atoms with Crippen LogP contribution in [-0.4, -0.2) is 22.6 Å². The largest absolute Gasteiger partial charge is 0.465 e. The van der Waals surface area contributed by atoms with E-state index < -0.39 is 6.09 Å². The molecule has 1 N–H and O–H groups in total. The number of carbonyl (C=O) groups is 1. The van der Waals surface area contributed by atoms with Crippen molar-refractivity contribution in [3.8, 4) is 0 Å². The van der Waals surface area contributed by atoms with Gasteiger partial charge >= 0.3 is 6.09 Å². The Hall–Kier alpha value is -1.77. The number of benzene rings is 1. The van der Waals surface area contributed by atoms with Crippen molar-refractivity contribution in [3.05, 3.63) is 42.0 Å². The maximum atomic E-state index is 11.2. The summed E-state index contributed by atoms with van der Waals surface area (Å²) in [6, 6.07) is 7.93. The minimum atomic E-state index is -0.830. The summed E-state index contributed by atoms with van der Waals surface area (Å²) in [7, 11) is 0. The summed E-state index contributed by atoms with van der Waals surface area (Å²) >= 11 is 0. The Morgan fingerprint density at radius 3 is 2.82 bits per heavy atom. The third-order valence-corrected chi connectivity index (χ3v) is 3.28. The van der Waals surface area contributed by atoms with E-state index in [1.165, 1.54) is 4.90 Å². The summed E-state index contributed by atoms with van der Waals surface area (Å²) in [6.45, 7) is 6.55. The summed E-state index contributed by atoms with van der Waals surface area (Å²) in [4.78, 5) is 12.7. The molecule has 1 amide bonds. The second kappa shape index (κ2) is 4.62. The van der Waals surface area contributed by atoms with Crippen LogP contribution in [0.5, 0.6) is 0 Å². The number of hydrogen-bond donors (Lipinski definition) is 1. The van der Waals surface area contributed by atoms with E-state index in [-0.39, 0.29) is 6.04 Å². The Balaban J connectivity index is 2.39. The normalized spacial score (nSPS) is 19.4. The molecule has 2 rings (SSSR count). The van der Waals surface area contributed by atoms with Crippen molar-refractivity contribution >= 4 is 11.7 Å². The first-order chi connectivity index (χ1) is 8.11. The first kappa shape index (κ1) is 11.7. The highest BCUT2D eigenvalue weighted by atomic mass is 16.4. The molecular weight excluding hydrogens is 214 g/mol. The summed E-state index contributed by atoms with van der Waals surface area (Å²) in [6.07, 6.45) is 1.00. The molecule has 1 unspecified atom stereocenters. The Morgan fingerprint density at radius 2 is 2.18 bits per heavy atom. The van der Waals surface area contributed by atoms with E-state index in [9.17, 15) is 9.90 Å². The number of hydrogen-bond acceptors (Lipinski definition) is 1. The lowest BCUT2D eigenvalue weighted by atomic mass is 9.95. The van der Waals surface area contributed by atoms with Crippen LogP contribution in [0.1, 0.15) is 36.9 Å². The Bertz CT molecular complexity index is 453. The summed E-state index contributed by atoms with van der Waals surface area (Å²) in [5.41, 5.74) is 3.14. The fraction of sp³-hybridized carbons (Fsp3) is 0.357. The highest BCUT2D eigenvalue weighted by Crippen LogP contribution is 2.35. The number of amides is 1. The van der Waals surface area contributed by atoms with Gasteiger partial charge in [0.1, 0.15) is 0 Å². The second-order valence-corrected chi connectivity index (χ2v) is 4.50. The number of likely N-dealkylation sites (tertiary alicyclic amines) is 1. The van der Waals surface area contributed by atoms with Crippen molar-refractivity contribution < 1.29 is 9.90 Å². The van der Waals surface area contributed by atoms with E-state index in [0.29, 0.717) is 6.54 Å². The zero-order valence-corrected chi connectivity index (χ0v) is 10.0. The highest BCUT2D eigenvalue weighted by Gasteiger charge is 2.30. The van der Waals surface area contributed by atoms with Gasteiger partial charge in [0.25, 0.3) is 0 Å². The molecule has 1 fully saturated rings. The first-order valence-electron chi connectivity index (χ1n) is 5.85. The number of nitrogens with zero attached hydrogens (tertiary/aromatic N) is 1. The zero-order valence-electron chi connectivity index (χ0n) is 10.0. The lowest BCUT2D eigenvalue weighted by Crippen LogP contribution is -2.29. The minimum absolute atomic E-state index is 0.0135. The molecule has 1 aromatic carbocycles. The number of carboxylic acid groups (broad SMARTS) is 1. The molecule has 1 aromatic rings. The third kappa shape index (κ3) is 2.18. The van der Waals surface area contributed by atoms with Crippen LogP contribution in [0, 0.1) is 0 Å². The Labute approximate surface area is 101 Å². The average Bonchev–Trinajstić information content (AvgIpc) is 2.77. The van der Waals surface area contributed by atoms with E-state index in [4.69, 9.17) is 0 Å². The molecule has 1 aliphatic rings. The molecule has 0 aliphatic carbocycles. The highest BCUT2D eigenvalue weighted by molar-refractivity contribution is 5.69. The molecule has 90 valence electrons. The Kier molecular flexibility index (Phi) is 3.18. The van der Waals surface area contributed by atoms with Crippen molar-refractivity contribution in [2.45, 2.75) is 25.8 Å². The molecule has 3 nitrogen and oxygen atoms in total. The van der Waals surface area contributed by atoms with E-state index in [1.807, 2.05) is 31.2 Å². The predicted octanol–water partition coefficient (Wildman–Crippen LogP) is 3.53. The van der Waals surface area contributed by atoms with Gasteiger partial charge in [0.15, 0.2) is 0 Å². The molecule has 1 aliphatic heterocycles. The second-order valence-electron chi connectivity index (χ2n) is 4.50. The van der Waals surface area contributed by atoms with Gasteiger partial charge in [-0.3, -0.25) is 0 Å². The van der Waals surface area contributed by atoms with Gasteiger partial charge in [-0.15, -0.1) is 0 Å². The first-order valence-corrected chi connectivity index (χ1v) is 5.85. The minimum Gasteiger partial charge on any atom is -0.465 e. The average molecular weight is 231 g/mol. The van der Waals surface area contributed by atoms with Gasteiger partial charge < -0.3 is 10.0 Å². The van der Waals surface area contributed by atoms with Gasteiger partial charge in [-0.1, -0.05) is 36.4 Å². The lowest BCUT2D eigenvalue weighted by molar-refractivity contribution is 0.140. The SMILES string of the molecule is C=C(C)c1ccccc1C1CCCN1C(=O)O. The van der Waals surface area contributed by atoms with E-state index in [1.54, 1.807) is 0 Å². The van der Waals surface area contributed by atoms with Gasteiger partial charge in [-0.2, -0.15) is 0 Å². The van der Waals surface area contributed by atoms with Crippen molar-refractivity contribution in [2.24, 2.45) is 0 Å². The van der Waals surface area contributed by atoms with Gasteiger partial charge in [0.05, 0.1) is 6.04 Å². The molecule has 0 spiro atoms. The van der Waals surface area contributed by atoms with Crippen LogP contribution in [0.2, 0.25) is 0 Å². The quantitative estimate of drug-likeness (QED) is 0.845. The van der Waals surface area contributed by atoms with Crippen LogP contribution in [0.4, 0.5) is 4.79 Å². The molecule has 1 atom stereocenters. The topological polar surface area (TPSA) is 40.5 Å². The lowest BCUT2D eigenvalue weighted by Gasteiger charge is -2.24. The van der Waals surface area contributed by atoms with E-state index in [0.717, 1.165) is 29.5 Å². The fourth-order valence-electron chi connectivity index (χ4n) is 2.50. The fourth-order valence-corrected chi connectivity index (χ4v) is 2.50. The van der Waals surface area contributed by atoms with Crippen molar-refractivity contribution in [1.29, 1.82) is 0 Å². The van der Waals surface area contributed by atoms with Crippen LogP contribution in [0.3, 0.4) is 0 Å². The van der Waals surface area contributed by atoms with Crippen molar-refractivity contribution in [1.82, 2.24) is 4.90 Å². The third-order valence-electron chi connectivity index (χ3n) is 3.28. The smallest absolute Gasteiger partial charge is 0.407 e. The molecule has 0 aromatic heterocycles. The predicted molar refractivity (Wildman–Crippen MR) is 67.9 cm³/mol.